The molecule has 0 N–H and O–H groups in total. The molecule has 6 nitrogen and oxygen atoms in total. The zero-order valence-electron chi connectivity index (χ0n) is 18.6. The number of hydrogen-bond donors (Lipinski definition) is 0. The van der Waals surface area contributed by atoms with Gasteiger partial charge in [-0.3, -0.25) is 9.88 Å². The molecule has 5 atom stereocenters. The van der Waals surface area contributed by atoms with Crippen LogP contribution in [-0.4, -0.2) is 49.3 Å². The summed E-state index contributed by atoms with van der Waals surface area (Å²) >= 11 is 0. The van der Waals surface area contributed by atoms with Crippen molar-refractivity contribution >= 4 is 10.9 Å². The lowest BCUT2D eigenvalue weighted by Crippen LogP contribution is -2.62. The molecule has 6 heteroatoms. The lowest BCUT2D eigenvalue weighted by atomic mass is 9.71. The molecule has 30 heavy (non-hydrogen) atoms. The van der Waals surface area contributed by atoms with Crippen LogP contribution in [0.15, 0.2) is 30.5 Å². The molecule has 0 spiro atoms. The van der Waals surface area contributed by atoms with E-state index in [2.05, 4.69) is 16.8 Å². The Kier molecular flexibility index (Phi) is 6.58. The van der Waals surface area contributed by atoms with Crippen LogP contribution in [-0.2, 0) is 20.3 Å². The number of benzene rings is 1. The average Bonchev–Trinajstić information content (AvgIpc) is 2.81. The zero-order valence-corrected chi connectivity index (χ0v) is 18.6. The van der Waals surface area contributed by atoms with Crippen molar-refractivity contribution in [3.05, 3.63) is 36.0 Å². The Bertz CT molecular complexity index is 860. The summed E-state index contributed by atoms with van der Waals surface area (Å²) in [5.74, 6) is 1.21. The normalized spacial score (nSPS) is 27.9. The van der Waals surface area contributed by atoms with Gasteiger partial charge in [-0.25, -0.2) is 4.89 Å². The van der Waals surface area contributed by atoms with Gasteiger partial charge in [-0.15, -0.1) is 0 Å². The van der Waals surface area contributed by atoms with Crippen LogP contribution < -0.4 is 4.74 Å². The molecule has 5 rings (SSSR count). The van der Waals surface area contributed by atoms with Gasteiger partial charge in [0.2, 0.25) is 5.79 Å². The number of aromatic nitrogens is 1. The number of piperidine rings is 3. The maximum Gasteiger partial charge on any atom is 0.244 e. The molecular weight excluding hydrogens is 380 g/mol. The minimum atomic E-state index is -1.02. The van der Waals surface area contributed by atoms with Gasteiger partial charge in [0.15, 0.2) is 0 Å². The second-order valence-corrected chi connectivity index (χ2v) is 8.30. The molecule has 0 aliphatic carbocycles. The first-order chi connectivity index (χ1) is 14.7. The Morgan fingerprint density at radius 3 is 2.70 bits per heavy atom. The third-order valence-electron chi connectivity index (χ3n) is 6.84. The average molecular weight is 415 g/mol. The second-order valence-electron chi connectivity index (χ2n) is 8.30. The Morgan fingerprint density at radius 1 is 1.17 bits per heavy atom. The van der Waals surface area contributed by atoms with E-state index < -0.39 is 5.79 Å². The number of methoxy groups -OCH3 is 1. The molecule has 1 aromatic carbocycles. The van der Waals surface area contributed by atoms with Crippen LogP contribution in [0.2, 0.25) is 0 Å². The van der Waals surface area contributed by atoms with Gasteiger partial charge in [0.1, 0.15) is 5.75 Å². The molecule has 3 aliphatic heterocycles. The Labute approximate surface area is 179 Å². The quantitative estimate of drug-likeness (QED) is 0.342. The highest BCUT2D eigenvalue weighted by molar-refractivity contribution is 5.84. The monoisotopic (exact) mass is 414 g/mol. The van der Waals surface area contributed by atoms with Gasteiger partial charge >= 0.3 is 0 Å². The van der Waals surface area contributed by atoms with Gasteiger partial charge in [-0.1, -0.05) is 13.3 Å². The molecule has 1 aromatic heterocycles. The fourth-order valence-corrected chi connectivity index (χ4v) is 5.39. The largest absolute Gasteiger partial charge is 0.497 e. The second kappa shape index (κ2) is 9.18. The number of rotatable bonds is 9. The van der Waals surface area contributed by atoms with Crippen molar-refractivity contribution in [3.8, 4) is 5.75 Å². The minimum Gasteiger partial charge on any atom is -0.497 e. The lowest BCUT2D eigenvalue weighted by Gasteiger charge is -2.55. The first-order valence-corrected chi connectivity index (χ1v) is 11.3. The molecule has 0 amide bonds. The zero-order chi connectivity index (χ0) is 21.1. The molecule has 0 radical (unpaired) electrons. The van der Waals surface area contributed by atoms with E-state index >= 15 is 0 Å². The summed E-state index contributed by atoms with van der Waals surface area (Å²) in [5, 5.41) is 0.972. The van der Waals surface area contributed by atoms with E-state index in [9.17, 15) is 0 Å². The van der Waals surface area contributed by atoms with E-state index in [4.69, 9.17) is 19.2 Å². The smallest absolute Gasteiger partial charge is 0.244 e. The van der Waals surface area contributed by atoms with Crippen molar-refractivity contribution in [2.75, 3.05) is 33.4 Å². The molecule has 0 saturated carbocycles. The predicted octanol–water partition coefficient (Wildman–Crippen LogP) is 4.52. The number of nitrogens with zero attached hydrogens (tertiary/aromatic N) is 2. The lowest BCUT2D eigenvalue weighted by molar-refractivity contribution is -0.453. The number of pyridine rings is 1. The van der Waals surface area contributed by atoms with Crippen molar-refractivity contribution in [1.29, 1.82) is 0 Å². The van der Waals surface area contributed by atoms with Gasteiger partial charge in [-0.2, -0.15) is 4.89 Å². The number of fused-ring (bicyclic) bond motifs is 4. The third kappa shape index (κ3) is 3.71. The Hall–Kier alpha value is -1.73. The summed E-state index contributed by atoms with van der Waals surface area (Å²) in [6.45, 7) is 9.38. The van der Waals surface area contributed by atoms with Crippen molar-refractivity contribution < 1.29 is 19.2 Å². The van der Waals surface area contributed by atoms with E-state index in [1.54, 1.807) is 7.11 Å². The number of ether oxygens (including phenoxy) is 2. The van der Waals surface area contributed by atoms with Crippen LogP contribution in [0.1, 0.15) is 45.6 Å². The van der Waals surface area contributed by atoms with Crippen molar-refractivity contribution in [1.82, 2.24) is 9.88 Å². The van der Waals surface area contributed by atoms with Crippen LogP contribution in [0.4, 0.5) is 0 Å². The highest BCUT2D eigenvalue weighted by Crippen LogP contribution is 2.48. The van der Waals surface area contributed by atoms with Crippen LogP contribution >= 0.6 is 0 Å². The van der Waals surface area contributed by atoms with Crippen LogP contribution in [0.5, 0.6) is 5.75 Å². The van der Waals surface area contributed by atoms with Crippen LogP contribution in [0.25, 0.3) is 10.9 Å². The van der Waals surface area contributed by atoms with E-state index in [1.807, 2.05) is 44.3 Å². The highest BCUT2D eigenvalue weighted by Gasteiger charge is 2.54. The molecule has 4 heterocycles. The van der Waals surface area contributed by atoms with Crippen molar-refractivity contribution in [2.24, 2.45) is 11.8 Å². The number of hydrogen-bond acceptors (Lipinski definition) is 6. The SMILES string of the molecule is CCOO[C@@](OCC)(c1ccnc2ccc(OC)cc12)[C@H]1C[C@@H]2CCN1C[C@@H]2CC. The van der Waals surface area contributed by atoms with Crippen molar-refractivity contribution in [3.63, 3.8) is 0 Å². The van der Waals surface area contributed by atoms with Gasteiger partial charge in [0, 0.05) is 30.3 Å². The minimum absolute atomic E-state index is 0.0855. The third-order valence-corrected chi connectivity index (χ3v) is 6.84. The first kappa shape index (κ1) is 21.5. The fraction of sp³-hybridized carbons (Fsp3) is 0.625. The molecule has 3 fully saturated rings. The van der Waals surface area contributed by atoms with Gasteiger partial charge in [0.05, 0.1) is 25.3 Å². The first-order valence-electron chi connectivity index (χ1n) is 11.3. The standard InChI is InChI=1S/C24H34N2O4/c1-5-17-16-26-13-11-18(17)14-23(26)24(28-6-2,30-29-7-3)21-10-12-25-22-9-8-19(27-4)15-20(21)22/h8-10,12,15,17-18,23H,5-7,11,13-14,16H2,1-4H3/t17-,18-,23+,24-/m0/s1. The molecule has 3 aliphatic rings. The summed E-state index contributed by atoms with van der Waals surface area (Å²) in [7, 11) is 1.68. The van der Waals surface area contributed by atoms with Gasteiger partial charge < -0.3 is 9.47 Å². The summed E-state index contributed by atoms with van der Waals surface area (Å²) in [5.41, 5.74) is 1.84. The van der Waals surface area contributed by atoms with E-state index in [0.29, 0.717) is 19.1 Å². The molecule has 1 unspecified atom stereocenters. The summed E-state index contributed by atoms with van der Waals surface area (Å²) < 4.78 is 12.0. The van der Waals surface area contributed by atoms with Gasteiger partial charge in [-0.05, 0) is 69.3 Å². The predicted molar refractivity (Wildman–Crippen MR) is 116 cm³/mol. The van der Waals surface area contributed by atoms with Crippen LogP contribution in [0.3, 0.4) is 0 Å². The fourth-order valence-electron chi connectivity index (χ4n) is 5.39. The van der Waals surface area contributed by atoms with E-state index in [-0.39, 0.29) is 6.04 Å². The summed E-state index contributed by atoms with van der Waals surface area (Å²) in [4.78, 5) is 19.0. The molecule has 3 saturated heterocycles. The Balaban J connectivity index is 1.86. The molecule has 2 bridgehead atoms. The topological polar surface area (TPSA) is 53.1 Å². The van der Waals surface area contributed by atoms with Gasteiger partial charge in [0.25, 0.3) is 0 Å². The molecule has 164 valence electrons. The Morgan fingerprint density at radius 2 is 2.03 bits per heavy atom. The van der Waals surface area contributed by atoms with E-state index in [1.165, 1.54) is 12.8 Å². The summed E-state index contributed by atoms with van der Waals surface area (Å²) in [6, 6.07) is 8.03. The maximum atomic E-state index is 6.50. The molecular formula is C24H34N2O4. The van der Waals surface area contributed by atoms with E-state index in [0.717, 1.165) is 47.6 Å². The van der Waals surface area contributed by atoms with Crippen LogP contribution in [0, 0.1) is 11.8 Å². The highest BCUT2D eigenvalue weighted by atomic mass is 17.2. The maximum absolute atomic E-state index is 6.50. The molecule has 2 aromatic rings. The summed E-state index contributed by atoms with van der Waals surface area (Å²) in [6.07, 6.45) is 5.34. The van der Waals surface area contributed by atoms with Crippen molar-refractivity contribution in [2.45, 2.75) is 51.9 Å².